The maximum Gasteiger partial charge on any atom is 0.410 e. The summed E-state index contributed by atoms with van der Waals surface area (Å²) in [6.07, 6.45) is 4.47. The van der Waals surface area contributed by atoms with Crippen molar-refractivity contribution in [1.29, 1.82) is 0 Å². The van der Waals surface area contributed by atoms with Gasteiger partial charge in [-0.3, -0.25) is 4.90 Å². The van der Waals surface area contributed by atoms with Gasteiger partial charge >= 0.3 is 6.09 Å². The fraction of sp³-hybridized carbons (Fsp3) is 0.562. The van der Waals surface area contributed by atoms with E-state index in [9.17, 15) is 4.79 Å². The Labute approximate surface area is 140 Å². The summed E-state index contributed by atoms with van der Waals surface area (Å²) in [4.78, 5) is 18.9. The van der Waals surface area contributed by atoms with Crippen LogP contribution < -0.4 is 0 Å². The van der Waals surface area contributed by atoms with Crippen LogP contribution in [0.25, 0.3) is 5.65 Å². The first-order chi connectivity index (χ1) is 10.8. The van der Waals surface area contributed by atoms with Crippen LogP contribution in [0.4, 0.5) is 4.79 Å². The number of rotatable bonds is 1. The molecule has 0 saturated carbocycles. The lowest BCUT2D eigenvalue weighted by Gasteiger charge is -2.35. The van der Waals surface area contributed by atoms with Gasteiger partial charge < -0.3 is 4.74 Å². The van der Waals surface area contributed by atoms with Crippen molar-refractivity contribution in [3.05, 3.63) is 29.2 Å². The summed E-state index contributed by atoms with van der Waals surface area (Å²) in [5.74, 6) is 0. The molecule has 124 valence electrons. The smallest absolute Gasteiger partial charge is 0.410 e. The second kappa shape index (κ2) is 6.00. The van der Waals surface area contributed by atoms with E-state index in [-0.39, 0.29) is 12.1 Å². The standard InChI is InChI=1S/C16H21ClN4O2/c1-16(2,3)23-15(22)20-9-5-4-6-12(20)11-10-21-14(18-11)8-7-13(17)19-21/h7-8,10,12H,4-6,9H2,1-3H3. The van der Waals surface area contributed by atoms with E-state index in [4.69, 9.17) is 16.3 Å². The molecule has 7 heteroatoms. The number of piperidine rings is 1. The minimum atomic E-state index is -0.507. The Morgan fingerprint density at radius 2 is 2.13 bits per heavy atom. The van der Waals surface area contributed by atoms with Gasteiger partial charge in [-0.1, -0.05) is 11.6 Å². The predicted molar refractivity (Wildman–Crippen MR) is 87.5 cm³/mol. The van der Waals surface area contributed by atoms with E-state index < -0.39 is 5.60 Å². The predicted octanol–water partition coefficient (Wildman–Crippen LogP) is 3.84. The van der Waals surface area contributed by atoms with E-state index in [0.29, 0.717) is 11.7 Å². The van der Waals surface area contributed by atoms with Gasteiger partial charge in [0, 0.05) is 6.54 Å². The molecule has 1 atom stereocenters. The summed E-state index contributed by atoms with van der Waals surface area (Å²) in [5.41, 5.74) is 1.04. The second-order valence-electron chi connectivity index (χ2n) is 6.81. The lowest BCUT2D eigenvalue weighted by atomic mass is 10.0. The first-order valence-corrected chi connectivity index (χ1v) is 8.23. The van der Waals surface area contributed by atoms with Gasteiger partial charge in [0.1, 0.15) is 10.8 Å². The van der Waals surface area contributed by atoms with Gasteiger partial charge in [0.05, 0.1) is 17.9 Å². The molecule has 6 nitrogen and oxygen atoms in total. The Hall–Kier alpha value is -1.82. The fourth-order valence-electron chi connectivity index (χ4n) is 2.82. The molecule has 0 aliphatic carbocycles. The molecule has 0 spiro atoms. The summed E-state index contributed by atoms with van der Waals surface area (Å²) in [6.45, 7) is 6.31. The Morgan fingerprint density at radius 3 is 2.87 bits per heavy atom. The highest BCUT2D eigenvalue weighted by Crippen LogP contribution is 2.31. The maximum absolute atomic E-state index is 12.5. The summed E-state index contributed by atoms with van der Waals surface area (Å²) in [7, 11) is 0. The normalized spacial score (nSPS) is 19.1. The average molecular weight is 337 g/mol. The van der Waals surface area contributed by atoms with Crippen molar-refractivity contribution in [2.24, 2.45) is 0 Å². The van der Waals surface area contributed by atoms with Crippen molar-refractivity contribution in [3.63, 3.8) is 0 Å². The molecular weight excluding hydrogens is 316 g/mol. The van der Waals surface area contributed by atoms with Crippen molar-refractivity contribution < 1.29 is 9.53 Å². The monoisotopic (exact) mass is 336 g/mol. The van der Waals surface area contributed by atoms with Gasteiger partial charge in [-0.25, -0.2) is 14.3 Å². The molecule has 1 unspecified atom stereocenters. The zero-order chi connectivity index (χ0) is 16.6. The van der Waals surface area contributed by atoms with E-state index in [2.05, 4.69) is 10.1 Å². The SMILES string of the molecule is CC(C)(C)OC(=O)N1CCCCC1c1cn2nc(Cl)ccc2n1. The van der Waals surface area contributed by atoms with Crippen LogP contribution in [-0.2, 0) is 4.74 Å². The van der Waals surface area contributed by atoms with Gasteiger partial charge in [-0.2, -0.15) is 5.10 Å². The van der Waals surface area contributed by atoms with Crippen molar-refractivity contribution in [1.82, 2.24) is 19.5 Å². The van der Waals surface area contributed by atoms with Crippen LogP contribution in [0.1, 0.15) is 51.8 Å². The Kier molecular flexibility index (Phi) is 4.19. The van der Waals surface area contributed by atoms with E-state index in [0.717, 1.165) is 30.6 Å². The third-order valence-electron chi connectivity index (χ3n) is 3.78. The molecule has 1 aliphatic heterocycles. The zero-order valence-electron chi connectivity index (χ0n) is 13.6. The largest absolute Gasteiger partial charge is 0.444 e. The number of nitrogens with zero attached hydrogens (tertiary/aromatic N) is 4. The van der Waals surface area contributed by atoms with Crippen LogP contribution in [0.3, 0.4) is 0 Å². The maximum atomic E-state index is 12.5. The molecule has 0 radical (unpaired) electrons. The van der Waals surface area contributed by atoms with E-state index in [1.807, 2.05) is 33.0 Å². The number of aromatic nitrogens is 3. The summed E-state index contributed by atoms with van der Waals surface area (Å²) >= 11 is 5.92. The van der Waals surface area contributed by atoms with Gasteiger partial charge in [-0.05, 0) is 52.2 Å². The number of carbonyl (C=O) groups is 1. The van der Waals surface area contributed by atoms with Crippen LogP contribution in [0.15, 0.2) is 18.3 Å². The number of likely N-dealkylation sites (tertiary alicyclic amines) is 1. The molecule has 3 rings (SSSR count). The molecule has 1 saturated heterocycles. The van der Waals surface area contributed by atoms with Crippen LogP contribution in [0.5, 0.6) is 0 Å². The summed E-state index contributed by atoms with van der Waals surface area (Å²) in [5, 5.41) is 4.62. The molecule has 1 aliphatic rings. The molecule has 1 amide bonds. The highest BCUT2D eigenvalue weighted by Gasteiger charge is 2.32. The average Bonchev–Trinajstić information content (AvgIpc) is 2.88. The number of amides is 1. The number of imidazole rings is 1. The minimum Gasteiger partial charge on any atom is -0.444 e. The number of carbonyl (C=O) groups excluding carboxylic acids is 1. The van der Waals surface area contributed by atoms with E-state index in [1.54, 1.807) is 15.5 Å². The molecule has 0 aromatic carbocycles. The number of hydrogen-bond donors (Lipinski definition) is 0. The highest BCUT2D eigenvalue weighted by atomic mass is 35.5. The van der Waals surface area contributed by atoms with Crippen LogP contribution in [0.2, 0.25) is 5.15 Å². The third-order valence-corrected chi connectivity index (χ3v) is 3.98. The van der Waals surface area contributed by atoms with Crippen LogP contribution in [-0.4, -0.2) is 37.7 Å². The van der Waals surface area contributed by atoms with Crippen LogP contribution in [0, 0.1) is 0 Å². The molecule has 2 aromatic heterocycles. The quantitative estimate of drug-likeness (QED) is 0.793. The first kappa shape index (κ1) is 16.1. The lowest BCUT2D eigenvalue weighted by molar-refractivity contribution is 0.00906. The van der Waals surface area contributed by atoms with Gasteiger partial charge in [0.2, 0.25) is 0 Å². The van der Waals surface area contributed by atoms with E-state index in [1.165, 1.54) is 0 Å². The number of halogens is 1. The highest BCUT2D eigenvalue weighted by molar-refractivity contribution is 6.29. The van der Waals surface area contributed by atoms with Crippen molar-refractivity contribution in [2.45, 2.75) is 51.7 Å². The van der Waals surface area contributed by atoms with E-state index >= 15 is 0 Å². The number of fused-ring (bicyclic) bond motifs is 1. The number of ether oxygens (including phenoxy) is 1. The molecule has 3 heterocycles. The molecule has 2 aromatic rings. The topological polar surface area (TPSA) is 59.7 Å². The lowest BCUT2D eigenvalue weighted by Crippen LogP contribution is -2.42. The molecule has 23 heavy (non-hydrogen) atoms. The minimum absolute atomic E-state index is 0.0842. The fourth-order valence-corrected chi connectivity index (χ4v) is 2.96. The Balaban J connectivity index is 1.89. The van der Waals surface area contributed by atoms with Crippen molar-refractivity contribution >= 4 is 23.3 Å². The van der Waals surface area contributed by atoms with Crippen molar-refractivity contribution in [2.75, 3.05) is 6.54 Å². The van der Waals surface area contributed by atoms with Crippen LogP contribution >= 0.6 is 11.6 Å². The molecule has 0 bridgehead atoms. The summed E-state index contributed by atoms with van der Waals surface area (Å²) in [6, 6.07) is 3.44. The zero-order valence-corrected chi connectivity index (χ0v) is 14.4. The molecule has 1 fully saturated rings. The second-order valence-corrected chi connectivity index (χ2v) is 7.20. The third kappa shape index (κ3) is 3.58. The van der Waals surface area contributed by atoms with Crippen molar-refractivity contribution in [3.8, 4) is 0 Å². The molecular formula is C16H21ClN4O2. The van der Waals surface area contributed by atoms with Gasteiger partial charge in [0.25, 0.3) is 0 Å². The number of hydrogen-bond acceptors (Lipinski definition) is 4. The van der Waals surface area contributed by atoms with Gasteiger partial charge in [-0.15, -0.1) is 0 Å². The summed E-state index contributed by atoms with van der Waals surface area (Å²) < 4.78 is 7.19. The Bertz CT molecular complexity index is 722. The Morgan fingerprint density at radius 1 is 1.35 bits per heavy atom. The first-order valence-electron chi connectivity index (χ1n) is 7.85. The molecule has 0 N–H and O–H groups in total. The van der Waals surface area contributed by atoms with Gasteiger partial charge in [0.15, 0.2) is 5.65 Å².